The van der Waals surface area contributed by atoms with Crippen LogP contribution in [0.25, 0.3) is 10.1 Å². The highest BCUT2D eigenvalue weighted by Crippen LogP contribution is 2.29. The van der Waals surface area contributed by atoms with Crippen molar-refractivity contribution < 1.29 is 4.79 Å². The van der Waals surface area contributed by atoms with E-state index in [0.717, 1.165) is 50.6 Å². The smallest absolute Gasteiger partial charge is 0.255 e. The number of halogens is 1. The van der Waals surface area contributed by atoms with Gasteiger partial charge in [0.25, 0.3) is 5.91 Å². The van der Waals surface area contributed by atoms with Gasteiger partial charge in [-0.3, -0.25) is 9.69 Å². The van der Waals surface area contributed by atoms with Crippen molar-refractivity contribution in [3.05, 3.63) is 88.9 Å². The molecule has 33 heavy (non-hydrogen) atoms. The fourth-order valence-corrected chi connectivity index (χ4v) is 5.10. The zero-order valence-corrected chi connectivity index (χ0v) is 19.8. The summed E-state index contributed by atoms with van der Waals surface area (Å²) in [6, 6.07) is 23.5. The number of amides is 1. The van der Waals surface area contributed by atoms with Crippen LogP contribution in [0.4, 0.5) is 11.5 Å². The third-order valence-electron chi connectivity index (χ3n) is 6.04. The third kappa shape index (κ3) is 5.19. The van der Waals surface area contributed by atoms with Crippen molar-refractivity contribution in [1.29, 1.82) is 0 Å². The van der Waals surface area contributed by atoms with Crippen LogP contribution in [0.15, 0.2) is 72.8 Å². The lowest BCUT2D eigenvalue weighted by molar-refractivity contribution is 0.102. The Kier molecular flexibility index (Phi) is 6.58. The van der Waals surface area contributed by atoms with Gasteiger partial charge in [0.15, 0.2) is 0 Å². The molecule has 0 atom stereocenters. The van der Waals surface area contributed by atoms with Gasteiger partial charge in [-0.15, -0.1) is 0 Å². The van der Waals surface area contributed by atoms with E-state index >= 15 is 0 Å². The molecule has 0 unspecified atom stereocenters. The highest BCUT2D eigenvalue weighted by atomic mass is 35.5. The van der Waals surface area contributed by atoms with Crippen LogP contribution >= 0.6 is 23.1 Å². The topological polar surface area (TPSA) is 48.5 Å². The highest BCUT2D eigenvalue weighted by molar-refractivity contribution is 7.13. The van der Waals surface area contributed by atoms with E-state index in [0.29, 0.717) is 10.6 Å². The van der Waals surface area contributed by atoms with Gasteiger partial charge in [-0.05, 0) is 72.0 Å². The molecule has 5 nitrogen and oxygen atoms in total. The standard InChI is InChI=1S/C26H25ClN4OS/c27-21-10-8-20(9-11-21)26(32)28-22-5-3-4-19(18-22)12-13-30-14-16-31(17-15-30)25-23-6-1-2-7-24(23)33-29-25/h1-11,18H,12-17H2,(H,28,32). The molecule has 0 aliphatic carbocycles. The number of rotatable bonds is 6. The van der Waals surface area contributed by atoms with Crippen LogP contribution in [0.5, 0.6) is 0 Å². The number of piperazine rings is 1. The average Bonchev–Trinajstić information content (AvgIpc) is 3.28. The molecule has 1 amide bonds. The zero-order valence-electron chi connectivity index (χ0n) is 18.2. The first-order valence-corrected chi connectivity index (χ1v) is 12.3. The Morgan fingerprint density at radius 3 is 2.58 bits per heavy atom. The Bertz CT molecular complexity index is 1250. The molecule has 5 rings (SSSR count). The molecule has 1 aromatic heterocycles. The summed E-state index contributed by atoms with van der Waals surface area (Å²) < 4.78 is 5.95. The first kappa shape index (κ1) is 21.9. The number of nitrogens with one attached hydrogen (secondary N) is 1. The normalized spacial score (nSPS) is 14.5. The molecule has 1 fully saturated rings. The largest absolute Gasteiger partial charge is 0.353 e. The average molecular weight is 477 g/mol. The Balaban J connectivity index is 1.14. The SMILES string of the molecule is O=C(Nc1cccc(CCN2CCN(c3nsc4ccccc34)CC2)c1)c1ccc(Cl)cc1. The van der Waals surface area contributed by atoms with Crippen molar-refractivity contribution in [2.45, 2.75) is 6.42 Å². The Labute approximate surface area is 202 Å². The van der Waals surface area contributed by atoms with E-state index < -0.39 is 0 Å². The van der Waals surface area contributed by atoms with E-state index in [1.54, 1.807) is 35.8 Å². The molecule has 0 saturated carbocycles. The van der Waals surface area contributed by atoms with Crippen molar-refractivity contribution in [3.8, 4) is 0 Å². The summed E-state index contributed by atoms with van der Waals surface area (Å²) in [4.78, 5) is 17.4. The molecule has 0 bridgehead atoms. The summed E-state index contributed by atoms with van der Waals surface area (Å²) in [7, 11) is 0. The van der Waals surface area contributed by atoms with Crippen molar-refractivity contribution in [2.24, 2.45) is 0 Å². The Hall–Kier alpha value is -2.93. The van der Waals surface area contributed by atoms with Crippen LogP contribution in [-0.2, 0) is 6.42 Å². The number of hydrogen-bond acceptors (Lipinski definition) is 5. The molecule has 168 valence electrons. The highest BCUT2D eigenvalue weighted by Gasteiger charge is 2.20. The maximum Gasteiger partial charge on any atom is 0.255 e. The van der Waals surface area contributed by atoms with Crippen LogP contribution in [0.3, 0.4) is 0 Å². The van der Waals surface area contributed by atoms with Gasteiger partial charge in [-0.1, -0.05) is 35.9 Å². The molecule has 0 spiro atoms. The van der Waals surface area contributed by atoms with Gasteiger partial charge in [0.05, 0.1) is 4.70 Å². The number of hydrogen-bond donors (Lipinski definition) is 1. The van der Waals surface area contributed by atoms with Crippen LogP contribution in [-0.4, -0.2) is 47.9 Å². The maximum atomic E-state index is 12.5. The second-order valence-corrected chi connectivity index (χ2v) is 9.48. The van der Waals surface area contributed by atoms with Gasteiger partial charge in [0.2, 0.25) is 0 Å². The summed E-state index contributed by atoms with van der Waals surface area (Å²) in [6.07, 6.45) is 0.949. The van der Waals surface area contributed by atoms with Crippen LogP contribution in [0.1, 0.15) is 15.9 Å². The first-order chi connectivity index (χ1) is 16.2. The second-order valence-electron chi connectivity index (χ2n) is 8.24. The Morgan fingerprint density at radius 2 is 1.76 bits per heavy atom. The van der Waals surface area contributed by atoms with Crippen molar-refractivity contribution in [3.63, 3.8) is 0 Å². The predicted octanol–water partition coefficient (Wildman–Crippen LogP) is 5.57. The van der Waals surface area contributed by atoms with E-state index in [1.807, 2.05) is 12.1 Å². The van der Waals surface area contributed by atoms with E-state index in [2.05, 4.69) is 51.5 Å². The van der Waals surface area contributed by atoms with Gasteiger partial charge < -0.3 is 10.2 Å². The molecule has 4 aromatic rings. The van der Waals surface area contributed by atoms with Crippen molar-refractivity contribution in [1.82, 2.24) is 9.27 Å². The fourth-order valence-electron chi connectivity index (χ4n) is 4.18. The molecule has 3 aromatic carbocycles. The number of anilines is 2. The Morgan fingerprint density at radius 1 is 0.970 bits per heavy atom. The van der Waals surface area contributed by atoms with Gasteiger partial charge in [-0.2, -0.15) is 4.37 Å². The minimum atomic E-state index is -0.130. The molecule has 2 heterocycles. The van der Waals surface area contributed by atoms with Crippen LogP contribution in [0, 0.1) is 0 Å². The van der Waals surface area contributed by atoms with Crippen molar-refractivity contribution in [2.75, 3.05) is 42.9 Å². The quantitative estimate of drug-likeness (QED) is 0.395. The number of nitrogens with zero attached hydrogens (tertiary/aromatic N) is 3. The maximum absolute atomic E-state index is 12.5. The summed E-state index contributed by atoms with van der Waals surface area (Å²) >= 11 is 7.49. The fraction of sp³-hybridized carbons (Fsp3) is 0.231. The third-order valence-corrected chi connectivity index (χ3v) is 7.11. The molecular weight excluding hydrogens is 452 g/mol. The minimum absolute atomic E-state index is 0.130. The van der Waals surface area contributed by atoms with Crippen molar-refractivity contribution >= 4 is 50.6 Å². The number of aromatic nitrogens is 1. The van der Waals surface area contributed by atoms with Crippen LogP contribution < -0.4 is 10.2 Å². The minimum Gasteiger partial charge on any atom is -0.353 e. The van der Waals surface area contributed by atoms with E-state index in [9.17, 15) is 4.79 Å². The predicted molar refractivity (Wildman–Crippen MR) is 138 cm³/mol. The summed E-state index contributed by atoms with van der Waals surface area (Å²) in [5.74, 6) is 0.994. The lowest BCUT2D eigenvalue weighted by Crippen LogP contribution is -2.47. The van der Waals surface area contributed by atoms with E-state index in [-0.39, 0.29) is 5.91 Å². The molecule has 1 aliphatic rings. The summed E-state index contributed by atoms with van der Waals surface area (Å²) in [6.45, 7) is 5.04. The summed E-state index contributed by atoms with van der Waals surface area (Å²) in [5.41, 5.74) is 2.63. The molecule has 1 aliphatic heterocycles. The molecule has 7 heteroatoms. The lowest BCUT2D eigenvalue weighted by atomic mass is 10.1. The van der Waals surface area contributed by atoms with E-state index in [4.69, 9.17) is 16.0 Å². The molecule has 0 radical (unpaired) electrons. The monoisotopic (exact) mass is 476 g/mol. The molecule has 1 saturated heterocycles. The first-order valence-electron chi connectivity index (χ1n) is 11.1. The van der Waals surface area contributed by atoms with Gasteiger partial charge in [-0.25, -0.2) is 0 Å². The number of carbonyl (C=O) groups excluding carboxylic acids is 1. The number of benzene rings is 3. The molecule has 1 N–H and O–H groups in total. The van der Waals surface area contributed by atoms with Crippen LogP contribution in [0.2, 0.25) is 5.02 Å². The van der Waals surface area contributed by atoms with Gasteiger partial charge >= 0.3 is 0 Å². The van der Waals surface area contributed by atoms with E-state index in [1.165, 1.54) is 15.6 Å². The molecular formula is C26H25ClN4OS. The number of fused-ring (bicyclic) bond motifs is 1. The van der Waals surface area contributed by atoms with Gasteiger partial charge in [0, 0.05) is 54.4 Å². The lowest BCUT2D eigenvalue weighted by Gasteiger charge is -2.35. The zero-order chi connectivity index (χ0) is 22.6. The number of carbonyl (C=O) groups is 1. The van der Waals surface area contributed by atoms with Gasteiger partial charge in [0.1, 0.15) is 5.82 Å². The summed E-state index contributed by atoms with van der Waals surface area (Å²) in [5, 5.41) is 4.86. The second kappa shape index (κ2) is 9.91.